The maximum atomic E-state index is 12.7. The van der Waals surface area contributed by atoms with E-state index in [0.29, 0.717) is 21.5 Å². The fourth-order valence-electron chi connectivity index (χ4n) is 2.91. The van der Waals surface area contributed by atoms with Crippen molar-refractivity contribution < 1.29 is 14.4 Å². The number of halogens is 1. The molecule has 0 aliphatic carbocycles. The van der Waals surface area contributed by atoms with Crippen LogP contribution < -0.4 is 5.32 Å². The Hall–Kier alpha value is -3.00. The van der Waals surface area contributed by atoms with Gasteiger partial charge in [0, 0.05) is 35.5 Å². The van der Waals surface area contributed by atoms with Crippen LogP contribution in [0, 0.1) is 4.91 Å². The maximum Gasteiger partial charge on any atom is 0.340 e. The molecule has 0 atom stereocenters. The summed E-state index contributed by atoms with van der Waals surface area (Å²) in [7, 11) is 0. The molecule has 1 heterocycles. The molecular formula is C17H15ClN4O4. The van der Waals surface area contributed by atoms with E-state index in [0.717, 1.165) is 10.3 Å². The molecule has 8 nitrogen and oxygen atoms in total. The van der Waals surface area contributed by atoms with Gasteiger partial charge in [0.15, 0.2) is 0 Å². The van der Waals surface area contributed by atoms with Crippen LogP contribution >= 0.6 is 11.6 Å². The van der Waals surface area contributed by atoms with Crippen molar-refractivity contribution in [3.05, 3.63) is 52.4 Å². The first kappa shape index (κ1) is 17.8. The van der Waals surface area contributed by atoms with Gasteiger partial charge in [-0.1, -0.05) is 24.3 Å². The number of nitroso groups, excluding NO2 is 1. The monoisotopic (exact) mass is 374 g/mol. The highest BCUT2D eigenvalue weighted by molar-refractivity contribution is 6.25. The summed E-state index contributed by atoms with van der Waals surface area (Å²) in [4.78, 5) is 48.8. The first-order chi connectivity index (χ1) is 12.6. The normalized spacial score (nSPS) is 13.0. The van der Waals surface area contributed by atoms with Gasteiger partial charge in [0.2, 0.25) is 0 Å². The number of nitrogens with one attached hydrogen (secondary N) is 1. The van der Waals surface area contributed by atoms with Crippen molar-refractivity contribution in [3.63, 3.8) is 0 Å². The number of carbonyl (C=O) groups is 3. The maximum absolute atomic E-state index is 12.7. The molecule has 3 rings (SSSR count). The van der Waals surface area contributed by atoms with Crippen LogP contribution in [-0.4, -0.2) is 53.3 Å². The number of amides is 4. The van der Waals surface area contributed by atoms with Crippen molar-refractivity contribution >= 4 is 40.2 Å². The van der Waals surface area contributed by atoms with Gasteiger partial charge in [-0.2, -0.15) is 5.01 Å². The summed E-state index contributed by atoms with van der Waals surface area (Å²) in [6, 6.07) is 9.81. The van der Waals surface area contributed by atoms with E-state index in [4.69, 9.17) is 11.6 Å². The third-order valence-electron chi connectivity index (χ3n) is 4.10. The van der Waals surface area contributed by atoms with Crippen LogP contribution in [0.15, 0.2) is 41.7 Å². The van der Waals surface area contributed by atoms with Crippen molar-refractivity contribution in [2.24, 2.45) is 5.29 Å². The molecular weight excluding hydrogens is 360 g/mol. The average Bonchev–Trinajstić information content (AvgIpc) is 2.66. The number of rotatable bonds is 6. The van der Waals surface area contributed by atoms with Crippen molar-refractivity contribution in [1.82, 2.24) is 15.2 Å². The van der Waals surface area contributed by atoms with E-state index in [1.54, 1.807) is 24.3 Å². The summed E-state index contributed by atoms with van der Waals surface area (Å²) in [5, 5.41) is 7.12. The number of alkyl halides is 1. The Labute approximate surface area is 153 Å². The van der Waals surface area contributed by atoms with Crippen LogP contribution in [0.25, 0.3) is 10.8 Å². The highest BCUT2D eigenvalue weighted by Crippen LogP contribution is 2.29. The quantitative estimate of drug-likeness (QED) is 0.363. The Bertz CT molecular complexity index is 851. The minimum absolute atomic E-state index is 0.0111. The SMILES string of the molecule is O=NN(CCCl)C(=O)NCCN1C(=O)c2cccc3cccc(c23)C1=O. The number of urea groups is 1. The van der Waals surface area contributed by atoms with Gasteiger partial charge in [-0.25, -0.2) is 4.79 Å². The second-order valence-electron chi connectivity index (χ2n) is 5.60. The molecule has 0 saturated carbocycles. The molecule has 0 fully saturated rings. The lowest BCUT2D eigenvalue weighted by Crippen LogP contribution is -2.46. The van der Waals surface area contributed by atoms with Gasteiger partial charge >= 0.3 is 6.03 Å². The summed E-state index contributed by atoms with van der Waals surface area (Å²) in [5.74, 6) is -0.775. The summed E-state index contributed by atoms with van der Waals surface area (Å²) in [5.41, 5.74) is 0.893. The minimum Gasteiger partial charge on any atom is -0.335 e. The van der Waals surface area contributed by atoms with Gasteiger partial charge in [-0.05, 0) is 17.5 Å². The van der Waals surface area contributed by atoms with Gasteiger partial charge < -0.3 is 5.32 Å². The third-order valence-corrected chi connectivity index (χ3v) is 4.27. The number of imide groups is 1. The standard InChI is InChI=1S/C17H15ClN4O4/c18-7-9-22(20-26)17(25)19-8-10-21-15(23)12-5-1-3-11-4-2-6-13(14(11)12)16(21)24/h1-6H,7-10H2,(H,19,25). The molecule has 2 aromatic rings. The van der Waals surface area contributed by atoms with Crippen molar-refractivity contribution in [2.45, 2.75) is 0 Å². The highest BCUT2D eigenvalue weighted by atomic mass is 35.5. The van der Waals surface area contributed by atoms with E-state index in [2.05, 4.69) is 10.6 Å². The first-order valence-electron chi connectivity index (χ1n) is 7.91. The van der Waals surface area contributed by atoms with Crippen molar-refractivity contribution in [2.75, 3.05) is 25.5 Å². The second kappa shape index (κ2) is 7.49. The Morgan fingerprint density at radius 2 is 1.73 bits per heavy atom. The molecule has 1 aliphatic heterocycles. The zero-order valence-electron chi connectivity index (χ0n) is 13.6. The Kier molecular flexibility index (Phi) is 5.13. The molecule has 2 aromatic carbocycles. The predicted octanol–water partition coefficient (Wildman–Crippen LogP) is 2.37. The number of hydrogen-bond donors (Lipinski definition) is 1. The van der Waals surface area contributed by atoms with Crippen LogP contribution in [0.1, 0.15) is 20.7 Å². The van der Waals surface area contributed by atoms with E-state index < -0.39 is 17.8 Å². The lowest BCUT2D eigenvalue weighted by molar-refractivity contribution is 0.0611. The van der Waals surface area contributed by atoms with Crippen molar-refractivity contribution in [3.8, 4) is 0 Å². The smallest absolute Gasteiger partial charge is 0.335 e. The molecule has 134 valence electrons. The van der Waals surface area contributed by atoms with Crippen LogP contribution in [0.3, 0.4) is 0 Å². The lowest BCUT2D eigenvalue weighted by atomic mass is 9.94. The van der Waals surface area contributed by atoms with Crippen molar-refractivity contribution in [1.29, 1.82) is 0 Å². The van der Waals surface area contributed by atoms with Crippen LogP contribution in [0.5, 0.6) is 0 Å². The average molecular weight is 375 g/mol. The molecule has 1 aliphatic rings. The summed E-state index contributed by atoms with van der Waals surface area (Å²) >= 11 is 5.48. The second-order valence-corrected chi connectivity index (χ2v) is 5.97. The van der Waals surface area contributed by atoms with Gasteiger partial charge in [0.05, 0.1) is 11.8 Å². The van der Waals surface area contributed by atoms with Gasteiger partial charge in [-0.3, -0.25) is 14.5 Å². The summed E-state index contributed by atoms with van der Waals surface area (Å²) in [6.45, 7) is -0.0711. The fourth-order valence-corrected chi connectivity index (χ4v) is 3.07. The molecule has 26 heavy (non-hydrogen) atoms. The molecule has 0 aromatic heterocycles. The number of nitrogens with zero attached hydrogens (tertiary/aromatic N) is 3. The summed E-state index contributed by atoms with van der Waals surface area (Å²) in [6.07, 6.45) is 0. The van der Waals surface area contributed by atoms with E-state index in [-0.39, 0.29) is 25.5 Å². The molecule has 0 bridgehead atoms. The molecule has 4 amide bonds. The Morgan fingerprint density at radius 1 is 1.12 bits per heavy atom. The zero-order chi connectivity index (χ0) is 18.7. The highest BCUT2D eigenvalue weighted by Gasteiger charge is 2.32. The largest absolute Gasteiger partial charge is 0.340 e. The predicted molar refractivity (Wildman–Crippen MR) is 95.9 cm³/mol. The molecule has 9 heteroatoms. The van der Waals surface area contributed by atoms with Crippen LogP contribution in [0.4, 0.5) is 4.79 Å². The van der Waals surface area contributed by atoms with Crippen LogP contribution in [0.2, 0.25) is 0 Å². The number of hydrogen-bond acceptors (Lipinski definition) is 5. The fraction of sp³-hybridized carbons (Fsp3) is 0.235. The Balaban J connectivity index is 1.75. The van der Waals surface area contributed by atoms with Gasteiger partial charge in [0.1, 0.15) is 0 Å². The van der Waals surface area contributed by atoms with E-state index in [1.165, 1.54) is 0 Å². The number of carbonyl (C=O) groups excluding carboxylic acids is 3. The van der Waals surface area contributed by atoms with E-state index in [1.807, 2.05) is 12.1 Å². The lowest BCUT2D eigenvalue weighted by Gasteiger charge is -2.27. The Morgan fingerprint density at radius 3 is 2.27 bits per heavy atom. The topological polar surface area (TPSA) is 99.2 Å². The molecule has 1 N–H and O–H groups in total. The molecule has 0 radical (unpaired) electrons. The molecule has 0 saturated heterocycles. The molecule has 0 unspecified atom stereocenters. The zero-order valence-corrected chi connectivity index (χ0v) is 14.4. The first-order valence-corrected chi connectivity index (χ1v) is 8.44. The van der Waals surface area contributed by atoms with E-state index >= 15 is 0 Å². The minimum atomic E-state index is -0.736. The molecule has 0 spiro atoms. The van der Waals surface area contributed by atoms with Gasteiger partial charge in [-0.15, -0.1) is 16.5 Å². The van der Waals surface area contributed by atoms with Crippen LogP contribution in [-0.2, 0) is 0 Å². The number of benzene rings is 2. The van der Waals surface area contributed by atoms with Gasteiger partial charge in [0.25, 0.3) is 11.8 Å². The van der Waals surface area contributed by atoms with E-state index in [9.17, 15) is 19.3 Å². The summed E-state index contributed by atoms with van der Waals surface area (Å²) < 4.78 is 0. The third kappa shape index (κ3) is 3.11.